The number of rotatable bonds is 5. The first kappa shape index (κ1) is 18.2. The van der Waals surface area contributed by atoms with Gasteiger partial charge in [0.2, 0.25) is 0 Å². The lowest BCUT2D eigenvalue weighted by atomic mass is 9.98. The van der Waals surface area contributed by atoms with Gasteiger partial charge >= 0.3 is 0 Å². The molecule has 0 unspecified atom stereocenters. The van der Waals surface area contributed by atoms with Crippen LogP contribution in [0, 0.1) is 24.4 Å². The fraction of sp³-hybridized carbons (Fsp3) is 0.217. The zero-order chi connectivity index (χ0) is 18.7. The van der Waals surface area contributed by atoms with Crippen LogP contribution in [-0.4, -0.2) is 0 Å². The van der Waals surface area contributed by atoms with Crippen LogP contribution in [0.15, 0.2) is 54.6 Å². The maximum atomic E-state index is 14.3. The second kappa shape index (κ2) is 7.77. The molecule has 0 aromatic heterocycles. The smallest absolute Gasteiger partial charge is 0.166 e. The number of aryl methyl sites for hydroxylation is 4. The molecule has 3 aromatic carbocycles. The predicted octanol–water partition coefficient (Wildman–Crippen LogP) is 6.43. The van der Waals surface area contributed by atoms with E-state index in [9.17, 15) is 13.2 Å². The second-order valence-corrected chi connectivity index (χ2v) is 6.53. The van der Waals surface area contributed by atoms with Gasteiger partial charge in [0.15, 0.2) is 11.6 Å². The first-order valence-corrected chi connectivity index (χ1v) is 8.80. The van der Waals surface area contributed by atoms with Gasteiger partial charge in [-0.25, -0.2) is 13.2 Å². The van der Waals surface area contributed by atoms with Crippen LogP contribution in [0.4, 0.5) is 13.2 Å². The molecule has 0 aliphatic carbocycles. The summed E-state index contributed by atoms with van der Waals surface area (Å²) in [7, 11) is 0. The van der Waals surface area contributed by atoms with E-state index < -0.39 is 11.6 Å². The Balaban J connectivity index is 1.74. The molecule has 0 fully saturated rings. The Morgan fingerprint density at radius 1 is 0.731 bits per heavy atom. The molecule has 3 rings (SSSR count). The van der Waals surface area contributed by atoms with Gasteiger partial charge in [0.25, 0.3) is 0 Å². The number of hydrogen-bond donors (Lipinski definition) is 0. The minimum absolute atomic E-state index is 0.189. The van der Waals surface area contributed by atoms with Crippen molar-refractivity contribution in [2.45, 2.75) is 33.1 Å². The monoisotopic (exact) mass is 354 g/mol. The molecule has 0 N–H and O–H groups in total. The lowest BCUT2D eigenvalue weighted by molar-refractivity contribution is 0.502. The Morgan fingerprint density at radius 3 is 2.04 bits per heavy atom. The van der Waals surface area contributed by atoms with Gasteiger partial charge in [-0.3, -0.25) is 0 Å². The van der Waals surface area contributed by atoms with Gasteiger partial charge in [-0.2, -0.15) is 0 Å². The van der Waals surface area contributed by atoms with E-state index in [4.69, 9.17) is 0 Å². The van der Waals surface area contributed by atoms with E-state index in [1.54, 1.807) is 50.2 Å². The molecule has 0 heterocycles. The van der Waals surface area contributed by atoms with Crippen LogP contribution in [0.25, 0.3) is 11.1 Å². The van der Waals surface area contributed by atoms with E-state index in [0.717, 1.165) is 24.0 Å². The highest BCUT2D eigenvalue weighted by atomic mass is 19.2. The first-order valence-electron chi connectivity index (χ1n) is 8.80. The van der Waals surface area contributed by atoms with Crippen molar-refractivity contribution in [1.29, 1.82) is 0 Å². The van der Waals surface area contributed by atoms with Crippen molar-refractivity contribution in [3.05, 3.63) is 94.3 Å². The lowest BCUT2D eigenvalue weighted by Crippen LogP contribution is -1.96. The van der Waals surface area contributed by atoms with Crippen LogP contribution >= 0.6 is 0 Å². The van der Waals surface area contributed by atoms with Gasteiger partial charge in [-0.05, 0) is 60.1 Å². The van der Waals surface area contributed by atoms with Gasteiger partial charge in [0.05, 0.1) is 0 Å². The fourth-order valence-electron chi connectivity index (χ4n) is 3.02. The van der Waals surface area contributed by atoms with Crippen molar-refractivity contribution in [2.75, 3.05) is 0 Å². The minimum atomic E-state index is -0.799. The molecule has 0 nitrogen and oxygen atoms in total. The molecule has 0 bridgehead atoms. The van der Waals surface area contributed by atoms with E-state index in [2.05, 4.69) is 0 Å². The summed E-state index contributed by atoms with van der Waals surface area (Å²) in [6, 6.07) is 16.0. The average Bonchev–Trinajstić information content (AvgIpc) is 2.65. The quantitative estimate of drug-likeness (QED) is 0.495. The van der Waals surface area contributed by atoms with Crippen LogP contribution in [0.5, 0.6) is 0 Å². The molecule has 0 saturated heterocycles. The zero-order valence-electron chi connectivity index (χ0n) is 15.0. The van der Waals surface area contributed by atoms with Gasteiger partial charge in [-0.1, -0.05) is 55.5 Å². The van der Waals surface area contributed by atoms with Crippen LogP contribution in [0.3, 0.4) is 0 Å². The van der Waals surface area contributed by atoms with E-state index >= 15 is 0 Å². The summed E-state index contributed by atoms with van der Waals surface area (Å²) in [5.41, 5.74) is 3.96. The Morgan fingerprint density at radius 2 is 1.38 bits per heavy atom. The third kappa shape index (κ3) is 3.82. The zero-order valence-corrected chi connectivity index (χ0v) is 15.0. The van der Waals surface area contributed by atoms with Gasteiger partial charge < -0.3 is 0 Å². The van der Waals surface area contributed by atoms with Crippen LogP contribution in [0.2, 0.25) is 0 Å². The third-order valence-corrected chi connectivity index (χ3v) is 4.75. The molecule has 0 radical (unpaired) electrons. The van der Waals surface area contributed by atoms with Crippen molar-refractivity contribution in [2.24, 2.45) is 0 Å². The Bertz CT molecular complexity index is 911. The number of hydrogen-bond acceptors (Lipinski definition) is 0. The number of halogens is 3. The molecule has 0 aliphatic heterocycles. The molecule has 0 saturated carbocycles. The maximum Gasteiger partial charge on any atom is 0.166 e. The van der Waals surface area contributed by atoms with Gasteiger partial charge in [0, 0.05) is 5.56 Å². The SMILES string of the molecule is CCc1ccc(-c2ccc(CCc3ccc(C)c(F)c3)cc2)c(F)c1F. The summed E-state index contributed by atoms with van der Waals surface area (Å²) < 4.78 is 41.9. The van der Waals surface area contributed by atoms with Crippen molar-refractivity contribution < 1.29 is 13.2 Å². The predicted molar refractivity (Wildman–Crippen MR) is 99.7 cm³/mol. The van der Waals surface area contributed by atoms with Crippen molar-refractivity contribution in [1.82, 2.24) is 0 Å². The molecule has 134 valence electrons. The van der Waals surface area contributed by atoms with Crippen LogP contribution in [-0.2, 0) is 19.3 Å². The molecule has 0 spiro atoms. The van der Waals surface area contributed by atoms with E-state index in [1.807, 2.05) is 18.2 Å². The fourth-order valence-corrected chi connectivity index (χ4v) is 3.02. The Hall–Kier alpha value is -2.55. The summed E-state index contributed by atoms with van der Waals surface area (Å²) in [5.74, 6) is -1.76. The molecule has 0 amide bonds. The topological polar surface area (TPSA) is 0 Å². The summed E-state index contributed by atoms with van der Waals surface area (Å²) in [6.07, 6.45) is 1.95. The van der Waals surface area contributed by atoms with E-state index in [0.29, 0.717) is 23.1 Å². The summed E-state index contributed by atoms with van der Waals surface area (Å²) in [5, 5.41) is 0. The van der Waals surface area contributed by atoms with E-state index in [-0.39, 0.29) is 11.4 Å². The Labute approximate surface area is 152 Å². The maximum absolute atomic E-state index is 14.3. The molecular weight excluding hydrogens is 333 g/mol. The van der Waals surface area contributed by atoms with Crippen molar-refractivity contribution in [3.63, 3.8) is 0 Å². The van der Waals surface area contributed by atoms with Crippen molar-refractivity contribution >= 4 is 0 Å². The first-order chi connectivity index (χ1) is 12.5. The molecule has 3 aromatic rings. The van der Waals surface area contributed by atoms with Crippen LogP contribution < -0.4 is 0 Å². The van der Waals surface area contributed by atoms with Gasteiger partial charge in [-0.15, -0.1) is 0 Å². The van der Waals surface area contributed by atoms with Crippen molar-refractivity contribution in [3.8, 4) is 11.1 Å². The molecule has 0 aliphatic rings. The van der Waals surface area contributed by atoms with E-state index in [1.165, 1.54) is 0 Å². The highest BCUT2D eigenvalue weighted by Crippen LogP contribution is 2.27. The highest BCUT2D eigenvalue weighted by molar-refractivity contribution is 5.65. The average molecular weight is 354 g/mol. The lowest BCUT2D eigenvalue weighted by Gasteiger charge is -2.09. The largest absolute Gasteiger partial charge is 0.207 e. The molecular formula is C23H21F3. The third-order valence-electron chi connectivity index (χ3n) is 4.75. The standard InChI is InChI=1S/C23H21F3/c1-3-18-12-13-20(23(26)22(18)25)19-10-8-16(9-11-19)6-7-17-5-4-15(2)21(24)14-17/h4-5,8-14H,3,6-7H2,1-2H3. The molecule has 26 heavy (non-hydrogen) atoms. The Kier molecular flexibility index (Phi) is 5.46. The molecule has 3 heteroatoms. The van der Waals surface area contributed by atoms with Crippen LogP contribution in [0.1, 0.15) is 29.2 Å². The minimum Gasteiger partial charge on any atom is -0.207 e. The van der Waals surface area contributed by atoms with Gasteiger partial charge in [0.1, 0.15) is 5.82 Å². The summed E-state index contributed by atoms with van der Waals surface area (Å²) in [6.45, 7) is 3.54. The summed E-state index contributed by atoms with van der Waals surface area (Å²) in [4.78, 5) is 0. The summed E-state index contributed by atoms with van der Waals surface area (Å²) >= 11 is 0. The normalized spacial score (nSPS) is 11.0. The molecule has 0 atom stereocenters. The highest BCUT2D eigenvalue weighted by Gasteiger charge is 2.13. The number of benzene rings is 3. The second-order valence-electron chi connectivity index (χ2n) is 6.53.